The van der Waals surface area contributed by atoms with Crippen LogP contribution in [0, 0.1) is 11.3 Å². The molecule has 7 heteroatoms. The summed E-state index contributed by atoms with van der Waals surface area (Å²) in [5, 5.41) is 6.29. The maximum Gasteiger partial charge on any atom is 0.389 e. The molecule has 0 radical (unpaired) electrons. The van der Waals surface area contributed by atoms with Crippen molar-refractivity contribution in [2.24, 2.45) is 11.3 Å². The van der Waals surface area contributed by atoms with Crippen LogP contribution in [0.3, 0.4) is 0 Å². The molecule has 0 aromatic heterocycles. The monoisotopic (exact) mass is 376 g/mol. The molecule has 3 nitrogen and oxygen atoms in total. The van der Waals surface area contributed by atoms with Crippen LogP contribution in [0.25, 0.3) is 0 Å². The average Bonchev–Trinajstić information content (AvgIpc) is 2.98. The maximum absolute atomic E-state index is 12.9. The number of rotatable bonds is 4. The Morgan fingerprint density at radius 1 is 1.32 bits per heavy atom. The lowest BCUT2D eigenvalue weighted by Crippen LogP contribution is -2.44. The number of amides is 1. The van der Waals surface area contributed by atoms with E-state index in [4.69, 9.17) is 0 Å². The second kappa shape index (κ2) is 7.96. The van der Waals surface area contributed by atoms with Crippen LogP contribution >= 0.6 is 12.4 Å². The van der Waals surface area contributed by atoms with E-state index in [1.807, 2.05) is 0 Å². The minimum absolute atomic E-state index is 0. The fourth-order valence-corrected chi connectivity index (χ4v) is 4.04. The van der Waals surface area contributed by atoms with Crippen molar-refractivity contribution < 1.29 is 18.0 Å². The number of anilines is 1. The molecule has 1 heterocycles. The Kier molecular flexibility index (Phi) is 6.38. The highest BCUT2D eigenvalue weighted by Crippen LogP contribution is 2.44. The average molecular weight is 377 g/mol. The number of benzene rings is 1. The van der Waals surface area contributed by atoms with Crippen molar-refractivity contribution in [3.05, 3.63) is 29.8 Å². The first-order chi connectivity index (χ1) is 11.4. The quantitative estimate of drug-likeness (QED) is 0.821. The predicted octanol–water partition coefficient (Wildman–Crippen LogP) is 4.32. The Morgan fingerprint density at radius 3 is 2.88 bits per heavy atom. The molecule has 1 aromatic carbocycles. The summed E-state index contributed by atoms with van der Waals surface area (Å²) in [5.74, 6) is 0.366. The zero-order chi connectivity index (χ0) is 17.2. The molecule has 1 saturated heterocycles. The van der Waals surface area contributed by atoms with Crippen LogP contribution in [0.2, 0.25) is 0 Å². The van der Waals surface area contributed by atoms with Crippen LogP contribution in [-0.2, 0) is 11.2 Å². The van der Waals surface area contributed by atoms with E-state index in [0.717, 1.165) is 32.2 Å². The Hall–Kier alpha value is -1.27. The van der Waals surface area contributed by atoms with E-state index in [1.165, 1.54) is 0 Å². The third-order valence-electron chi connectivity index (χ3n) is 5.37. The Labute approximate surface area is 152 Å². The number of aryl methyl sites for hydroxylation is 1. The second-order valence-electron chi connectivity index (χ2n) is 7.00. The van der Waals surface area contributed by atoms with Crippen molar-refractivity contribution in [3.63, 3.8) is 0 Å². The van der Waals surface area contributed by atoms with Crippen molar-refractivity contribution in [2.75, 3.05) is 18.4 Å². The minimum Gasteiger partial charge on any atom is -0.326 e. The smallest absolute Gasteiger partial charge is 0.326 e. The van der Waals surface area contributed by atoms with E-state index >= 15 is 0 Å². The van der Waals surface area contributed by atoms with Crippen LogP contribution in [0.15, 0.2) is 24.3 Å². The number of carbonyl (C=O) groups is 1. The highest BCUT2D eigenvalue weighted by molar-refractivity contribution is 5.96. The normalized spacial score (nSPS) is 25.8. The van der Waals surface area contributed by atoms with Gasteiger partial charge in [0.2, 0.25) is 5.91 Å². The van der Waals surface area contributed by atoms with Crippen LogP contribution in [-0.4, -0.2) is 25.2 Å². The lowest BCUT2D eigenvalue weighted by molar-refractivity contribution is -0.134. The molecule has 1 aliphatic carbocycles. The van der Waals surface area contributed by atoms with Gasteiger partial charge in [-0.25, -0.2) is 0 Å². The fourth-order valence-electron chi connectivity index (χ4n) is 4.04. The van der Waals surface area contributed by atoms with E-state index in [9.17, 15) is 18.0 Å². The van der Waals surface area contributed by atoms with Gasteiger partial charge in [0.05, 0.1) is 5.41 Å². The fraction of sp³-hybridized carbons (Fsp3) is 0.611. The number of hydrogen-bond acceptors (Lipinski definition) is 2. The van der Waals surface area contributed by atoms with Gasteiger partial charge in [-0.15, -0.1) is 12.4 Å². The van der Waals surface area contributed by atoms with Crippen molar-refractivity contribution in [2.45, 2.75) is 44.7 Å². The molecule has 1 aromatic rings. The first kappa shape index (κ1) is 20.0. The summed E-state index contributed by atoms with van der Waals surface area (Å²) in [6.45, 7) is 1.57. The number of halogens is 4. The van der Waals surface area contributed by atoms with E-state index in [-0.39, 0.29) is 30.2 Å². The maximum atomic E-state index is 12.9. The minimum atomic E-state index is -4.16. The molecule has 1 saturated carbocycles. The summed E-state index contributed by atoms with van der Waals surface area (Å²) in [4.78, 5) is 12.9. The molecule has 2 N–H and O–H groups in total. The van der Waals surface area contributed by atoms with E-state index < -0.39 is 12.6 Å². The Morgan fingerprint density at radius 2 is 2.12 bits per heavy atom. The van der Waals surface area contributed by atoms with Gasteiger partial charge >= 0.3 is 6.18 Å². The first-order valence-electron chi connectivity index (χ1n) is 8.57. The van der Waals surface area contributed by atoms with Gasteiger partial charge in [0.25, 0.3) is 0 Å². The van der Waals surface area contributed by atoms with Gasteiger partial charge in [-0.1, -0.05) is 25.0 Å². The summed E-state index contributed by atoms with van der Waals surface area (Å²) in [6, 6.07) is 6.76. The molecule has 0 spiro atoms. The van der Waals surface area contributed by atoms with Gasteiger partial charge < -0.3 is 10.6 Å². The molecular weight excluding hydrogens is 353 g/mol. The highest BCUT2D eigenvalue weighted by atomic mass is 35.5. The molecule has 0 unspecified atom stereocenters. The largest absolute Gasteiger partial charge is 0.389 e. The van der Waals surface area contributed by atoms with Crippen LogP contribution in [0.5, 0.6) is 0 Å². The third-order valence-corrected chi connectivity index (χ3v) is 5.37. The Balaban J connectivity index is 0.00000225. The summed E-state index contributed by atoms with van der Waals surface area (Å²) < 4.78 is 37.1. The zero-order valence-electron chi connectivity index (χ0n) is 14.0. The van der Waals surface area contributed by atoms with Gasteiger partial charge in [-0.3, -0.25) is 4.79 Å². The van der Waals surface area contributed by atoms with Gasteiger partial charge in [0.15, 0.2) is 0 Å². The van der Waals surface area contributed by atoms with Crippen LogP contribution < -0.4 is 10.6 Å². The van der Waals surface area contributed by atoms with E-state index in [0.29, 0.717) is 23.7 Å². The van der Waals surface area contributed by atoms with Gasteiger partial charge in [0.1, 0.15) is 0 Å². The predicted molar refractivity (Wildman–Crippen MR) is 94.0 cm³/mol. The van der Waals surface area contributed by atoms with Crippen LogP contribution in [0.4, 0.5) is 18.9 Å². The molecule has 2 aliphatic rings. The summed E-state index contributed by atoms with van der Waals surface area (Å²) in [6.07, 6.45) is -0.923. The number of alkyl halides is 3. The molecule has 0 bridgehead atoms. The molecule has 1 aliphatic heterocycles. The first-order valence-corrected chi connectivity index (χ1v) is 8.57. The summed E-state index contributed by atoms with van der Waals surface area (Å²) in [5.41, 5.74) is 0.817. The molecular formula is C18H24ClF3N2O. The van der Waals surface area contributed by atoms with Crippen LogP contribution in [0.1, 0.15) is 37.7 Å². The van der Waals surface area contributed by atoms with Crippen molar-refractivity contribution >= 4 is 24.0 Å². The number of hydrogen-bond donors (Lipinski definition) is 2. The number of fused-ring (bicyclic) bond motifs is 1. The second-order valence-corrected chi connectivity index (χ2v) is 7.00. The number of nitrogens with one attached hydrogen (secondary N) is 2. The number of carbonyl (C=O) groups excluding carboxylic acids is 1. The van der Waals surface area contributed by atoms with E-state index in [2.05, 4.69) is 10.6 Å². The molecule has 25 heavy (non-hydrogen) atoms. The molecule has 1 amide bonds. The van der Waals surface area contributed by atoms with E-state index in [1.54, 1.807) is 24.3 Å². The van der Waals surface area contributed by atoms with Crippen molar-refractivity contribution in [1.29, 1.82) is 0 Å². The lowest BCUT2D eigenvalue weighted by atomic mass is 9.67. The summed E-state index contributed by atoms with van der Waals surface area (Å²) >= 11 is 0. The Bertz CT molecular complexity index is 608. The van der Waals surface area contributed by atoms with Gasteiger partial charge in [0, 0.05) is 18.7 Å². The zero-order valence-corrected chi connectivity index (χ0v) is 14.8. The van der Waals surface area contributed by atoms with Gasteiger partial charge in [-0.05, 0) is 49.4 Å². The topological polar surface area (TPSA) is 41.1 Å². The SMILES string of the molecule is Cl.O=C(Nc1cccc(CCC(F)(F)F)c1)[C@@]12CCCC[C@H]1CNC2. The molecule has 140 valence electrons. The molecule has 2 fully saturated rings. The lowest BCUT2D eigenvalue weighted by Gasteiger charge is -2.37. The third kappa shape index (κ3) is 4.67. The van der Waals surface area contributed by atoms with Gasteiger partial charge in [-0.2, -0.15) is 13.2 Å². The standard InChI is InChI=1S/C18H23F3N2O.ClH/c19-18(20,21)9-7-13-4-3-6-15(10-13)23-16(24)17-8-2-1-5-14(17)11-22-12-17;/h3-4,6,10,14,22H,1-2,5,7-9,11-12H2,(H,23,24);1H/t14-,17+;/m0./s1. The van der Waals surface area contributed by atoms with Crippen molar-refractivity contribution in [3.8, 4) is 0 Å². The summed E-state index contributed by atoms with van der Waals surface area (Å²) in [7, 11) is 0. The van der Waals surface area contributed by atoms with Crippen molar-refractivity contribution in [1.82, 2.24) is 5.32 Å². The molecule has 3 rings (SSSR count). The highest BCUT2D eigenvalue weighted by Gasteiger charge is 2.49. The molecule has 2 atom stereocenters.